The highest BCUT2D eigenvalue weighted by Crippen LogP contribution is 2.21. The molecule has 1 aromatic rings. The monoisotopic (exact) mass is 277 g/mol. The van der Waals surface area contributed by atoms with E-state index in [1.807, 2.05) is 0 Å². The Morgan fingerprint density at radius 2 is 1.75 bits per heavy atom. The fraction of sp³-hybridized carbons (Fsp3) is 0.467. The van der Waals surface area contributed by atoms with Gasteiger partial charge in [0.25, 0.3) is 5.91 Å². The summed E-state index contributed by atoms with van der Waals surface area (Å²) in [5, 5.41) is 11.8. The fourth-order valence-electron chi connectivity index (χ4n) is 2.56. The molecular formula is C15H19NO4. The van der Waals surface area contributed by atoms with Gasteiger partial charge in [0, 0.05) is 12.7 Å². The van der Waals surface area contributed by atoms with Crippen LogP contribution in [0.1, 0.15) is 46.4 Å². The van der Waals surface area contributed by atoms with Gasteiger partial charge in [-0.3, -0.25) is 4.79 Å². The molecule has 0 spiro atoms. The van der Waals surface area contributed by atoms with Crippen molar-refractivity contribution in [3.63, 3.8) is 0 Å². The number of benzene rings is 1. The van der Waals surface area contributed by atoms with E-state index in [2.05, 4.69) is 5.32 Å². The first-order valence-corrected chi connectivity index (χ1v) is 6.79. The van der Waals surface area contributed by atoms with Crippen molar-refractivity contribution >= 4 is 11.9 Å². The average molecular weight is 277 g/mol. The molecule has 0 heterocycles. The summed E-state index contributed by atoms with van der Waals surface area (Å²) in [5.74, 6) is -1.18. The largest absolute Gasteiger partial charge is 0.478 e. The van der Waals surface area contributed by atoms with Crippen LogP contribution in [0.15, 0.2) is 24.3 Å². The number of carboxylic acid groups (broad SMARTS) is 1. The molecule has 2 N–H and O–H groups in total. The van der Waals surface area contributed by atoms with Crippen LogP contribution in [0.2, 0.25) is 0 Å². The fourth-order valence-corrected chi connectivity index (χ4v) is 2.56. The topological polar surface area (TPSA) is 75.6 Å². The van der Waals surface area contributed by atoms with Gasteiger partial charge in [-0.25, -0.2) is 4.79 Å². The molecule has 1 aliphatic carbocycles. The summed E-state index contributed by atoms with van der Waals surface area (Å²) in [7, 11) is 1.66. The standard InChI is InChI=1S/C15H19NO4/c1-20-13-5-3-2-4-12(13)16-14(17)10-6-8-11(9-7-10)15(18)19/h6-9,12-13H,2-5H2,1H3,(H,16,17)(H,18,19)/t12-,13-/m0/s1. The predicted octanol–water partition coefficient (Wildman–Crippen LogP) is 2.07. The van der Waals surface area contributed by atoms with E-state index in [1.54, 1.807) is 7.11 Å². The first-order chi connectivity index (χ1) is 9.61. The van der Waals surface area contributed by atoms with Crippen LogP contribution in [0.3, 0.4) is 0 Å². The van der Waals surface area contributed by atoms with Crippen molar-refractivity contribution in [2.45, 2.75) is 37.8 Å². The van der Waals surface area contributed by atoms with Crippen LogP contribution in [-0.2, 0) is 4.74 Å². The Morgan fingerprint density at radius 1 is 1.15 bits per heavy atom. The molecule has 20 heavy (non-hydrogen) atoms. The number of carbonyl (C=O) groups excluding carboxylic acids is 1. The van der Waals surface area contributed by atoms with Gasteiger partial charge >= 0.3 is 5.97 Å². The quantitative estimate of drug-likeness (QED) is 0.883. The number of ether oxygens (including phenoxy) is 1. The van der Waals surface area contributed by atoms with Crippen LogP contribution in [-0.4, -0.2) is 36.2 Å². The number of hydrogen-bond acceptors (Lipinski definition) is 3. The molecule has 0 saturated heterocycles. The van der Waals surface area contributed by atoms with E-state index in [9.17, 15) is 9.59 Å². The van der Waals surface area contributed by atoms with E-state index in [-0.39, 0.29) is 23.6 Å². The number of amides is 1. The second-order valence-corrected chi connectivity index (χ2v) is 5.02. The minimum absolute atomic E-state index is 0.0281. The normalized spacial score (nSPS) is 22.2. The highest BCUT2D eigenvalue weighted by Gasteiger charge is 2.26. The zero-order chi connectivity index (χ0) is 14.5. The predicted molar refractivity (Wildman–Crippen MR) is 73.9 cm³/mol. The molecule has 108 valence electrons. The van der Waals surface area contributed by atoms with Gasteiger partial charge < -0.3 is 15.2 Å². The Labute approximate surface area is 117 Å². The lowest BCUT2D eigenvalue weighted by Gasteiger charge is -2.31. The molecule has 1 saturated carbocycles. The Bertz CT molecular complexity index is 483. The summed E-state index contributed by atoms with van der Waals surface area (Å²) in [6.07, 6.45) is 4.14. The van der Waals surface area contributed by atoms with Crippen LogP contribution in [0.25, 0.3) is 0 Å². The van der Waals surface area contributed by atoms with E-state index < -0.39 is 5.97 Å². The van der Waals surface area contributed by atoms with E-state index in [4.69, 9.17) is 9.84 Å². The molecule has 1 amide bonds. The summed E-state index contributed by atoms with van der Waals surface area (Å²) < 4.78 is 5.40. The number of carbonyl (C=O) groups is 2. The molecule has 5 heteroatoms. The zero-order valence-corrected chi connectivity index (χ0v) is 11.5. The average Bonchev–Trinajstić information content (AvgIpc) is 2.48. The SMILES string of the molecule is CO[C@H]1CCCC[C@@H]1NC(=O)c1ccc(C(=O)O)cc1. The third-order valence-electron chi connectivity index (χ3n) is 3.72. The maximum atomic E-state index is 12.1. The van der Waals surface area contributed by atoms with Crippen LogP contribution >= 0.6 is 0 Å². The molecule has 1 aliphatic rings. The molecule has 5 nitrogen and oxygen atoms in total. The van der Waals surface area contributed by atoms with Crippen molar-refractivity contribution in [2.75, 3.05) is 7.11 Å². The number of nitrogens with one attached hydrogen (secondary N) is 1. The lowest BCUT2D eigenvalue weighted by Crippen LogP contribution is -2.45. The third-order valence-corrected chi connectivity index (χ3v) is 3.72. The molecule has 0 aliphatic heterocycles. The van der Waals surface area contributed by atoms with Gasteiger partial charge in [0.05, 0.1) is 17.7 Å². The van der Waals surface area contributed by atoms with E-state index in [0.29, 0.717) is 5.56 Å². The van der Waals surface area contributed by atoms with Crippen molar-refractivity contribution in [3.8, 4) is 0 Å². The number of aromatic carboxylic acids is 1. The molecule has 0 aromatic heterocycles. The maximum Gasteiger partial charge on any atom is 0.335 e. The van der Waals surface area contributed by atoms with Crippen molar-refractivity contribution < 1.29 is 19.4 Å². The van der Waals surface area contributed by atoms with Gasteiger partial charge in [0.2, 0.25) is 0 Å². The molecule has 0 unspecified atom stereocenters. The van der Waals surface area contributed by atoms with E-state index in [1.165, 1.54) is 24.3 Å². The summed E-state index contributed by atoms with van der Waals surface area (Å²) in [6.45, 7) is 0. The Hall–Kier alpha value is -1.88. The van der Waals surface area contributed by atoms with Crippen LogP contribution in [0.5, 0.6) is 0 Å². The van der Waals surface area contributed by atoms with Gasteiger partial charge in [-0.05, 0) is 37.1 Å². The van der Waals surface area contributed by atoms with Crippen LogP contribution in [0, 0.1) is 0 Å². The molecular weight excluding hydrogens is 258 g/mol. The molecule has 1 aromatic carbocycles. The number of methoxy groups -OCH3 is 1. The third kappa shape index (κ3) is 3.36. The van der Waals surface area contributed by atoms with Gasteiger partial charge in [0.15, 0.2) is 0 Å². The van der Waals surface area contributed by atoms with Crippen molar-refractivity contribution in [1.82, 2.24) is 5.32 Å². The van der Waals surface area contributed by atoms with Crippen molar-refractivity contribution in [1.29, 1.82) is 0 Å². The summed E-state index contributed by atoms with van der Waals surface area (Å²) in [6, 6.07) is 5.96. The lowest BCUT2D eigenvalue weighted by atomic mass is 9.92. The summed E-state index contributed by atoms with van der Waals surface area (Å²) >= 11 is 0. The van der Waals surface area contributed by atoms with E-state index in [0.717, 1.165) is 25.7 Å². The van der Waals surface area contributed by atoms with Crippen LogP contribution in [0.4, 0.5) is 0 Å². The van der Waals surface area contributed by atoms with Crippen molar-refractivity contribution in [3.05, 3.63) is 35.4 Å². The Morgan fingerprint density at radius 3 is 2.35 bits per heavy atom. The first-order valence-electron chi connectivity index (χ1n) is 6.79. The molecule has 0 radical (unpaired) electrons. The van der Waals surface area contributed by atoms with E-state index >= 15 is 0 Å². The minimum atomic E-state index is -0.997. The molecule has 1 fully saturated rings. The van der Waals surface area contributed by atoms with Crippen molar-refractivity contribution in [2.24, 2.45) is 0 Å². The van der Waals surface area contributed by atoms with Gasteiger partial charge in [-0.2, -0.15) is 0 Å². The number of carboxylic acids is 1. The molecule has 0 bridgehead atoms. The van der Waals surface area contributed by atoms with Gasteiger partial charge in [-0.1, -0.05) is 12.8 Å². The van der Waals surface area contributed by atoms with Gasteiger partial charge in [0.1, 0.15) is 0 Å². The Kier molecular flexibility index (Phi) is 4.74. The second kappa shape index (κ2) is 6.52. The number of rotatable bonds is 4. The second-order valence-electron chi connectivity index (χ2n) is 5.02. The Balaban J connectivity index is 2.01. The lowest BCUT2D eigenvalue weighted by molar-refractivity contribution is 0.0392. The summed E-state index contributed by atoms with van der Waals surface area (Å²) in [4.78, 5) is 22.9. The molecule has 2 atom stereocenters. The minimum Gasteiger partial charge on any atom is -0.478 e. The number of hydrogen-bond donors (Lipinski definition) is 2. The smallest absolute Gasteiger partial charge is 0.335 e. The first kappa shape index (κ1) is 14.5. The highest BCUT2D eigenvalue weighted by atomic mass is 16.5. The highest BCUT2D eigenvalue weighted by molar-refractivity contribution is 5.96. The molecule has 2 rings (SSSR count). The maximum absolute atomic E-state index is 12.1. The van der Waals surface area contributed by atoms with Crippen LogP contribution < -0.4 is 5.32 Å². The zero-order valence-electron chi connectivity index (χ0n) is 11.5. The van der Waals surface area contributed by atoms with Gasteiger partial charge in [-0.15, -0.1) is 0 Å². The summed E-state index contributed by atoms with van der Waals surface area (Å²) in [5.41, 5.74) is 0.643.